The first-order valence-electron chi connectivity index (χ1n) is 10.5. The number of hydrogen-bond acceptors (Lipinski definition) is 8. The molecule has 0 saturated heterocycles. The average molecular weight is 440 g/mol. The van der Waals surface area contributed by atoms with Gasteiger partial charge in [-0.3, -0.25) is 0 Å². The van der Waals surface area contributed by atoms with E-state index in [4.69, 9.17) is 20.2 Å². The van der Waals surface area contributed by atoms with E-state index in [1.807, 2.05) is 70.2 Å². The van der Waals surface area contributed by atoms with E-state index < -0.39 is 0 Å². The Morgan fingerprint density at radius 1 is 1.03 bits per heavy atom. The fraction of sp³-hybridized carbons (Fsp3) is 0.375. The second-order valence-electron chi connectivity index (χ2n) is 7.31. The van der Waals surface area contributed by atoms with E-state index in [9.17, 15) is 0 Å². The number of oxime groups is 1. The number of rotatable bonds is 10. The number of nitrogens with zero attached hydrogens (tertiary/aromatic N) is 4. The van der Waals surface area contributed by atoms with Gasteiger partial charge in [-0.2, -0.15) is 5.10 Å². The normalized spacial score (nSPS) is 12.5. The number of aryl methyl sites for hydroxylation is 1. The number of hydrogen-bond donors (Lipinski definition) is 1. The van der Waals surface area contributed by atoms with Crippen molar-refractivity contribution >= 4 is 23.0 Å². The molecule has 2 rings (SSSR count). The molecule has 0 bridgehead atoms. The van der Waals surface area contributed by atoms with Crippen LogP contribution in [0.25, 0.3) is 0 Å². The van der Waals surface area contributed by atoms with E-state index in [1.165, 1.54) is 0 Å². The highest BCUT2D eigenvalue weighted by molar-refractivity contribution is 6.40. The fourth-order valence-corrected chi connectivity index (χ4v) is 2.80. The molecule has 0 heterocycles. The van der Waals surface area contributed by atoms with Crippen LogP contribution in [0, 0.1) is 6.92 Å². The molecule has 0 radical (unpaired) electrons. The molecule has 0 spiro atoms. The number of benzene rings is 2. The van der Waals surface area contributed by atoms with Gasteiger partial charge < -0.3 is 19.3 Å². The Kier molecular flexibility index (Phi) is 9.69. The minimum atomic E-state index is 0.336. The lowest BCUT2D eigenvalue weighted by atomic mass is 10.1. The Morgan fingerprint density at radius 2 is 1.78 bits per heavy atom. The van der Waals surface area contributed by atoms with Gasteiger partial charge in [0.15, 0.2) is 0 Å². The van der Waals surface area contributed by atoms with Crippen molar-refractivity contribution in [1.29, 1.82) is 0 Å². The maximum atomic E-state index is 5.94. The van der Waals surface area contributed by atoms with Gasteiger partial charge in [-0.25, -0.2) is 5.84 Å². The minimum Gasteiger partial charge on any atom is -0.497 e. The van der Waals surface area contributed by atoms with Crippen LogP contribution in [0.15, 0.2) is 57.8 Å². The fourth-order valence-electron chi connectivity index (χ4n) is 2.80. The summed E-state index contributed by atoms with van der Waals surface area (Å²) in [6.07, 6.45) is 0.610. The van der Waals surface area contributed by atoms with E-state index in [0.717, 1.165) is 28.1 Å². The van der Waals surface area contributed by atoms with Crippen LogP contribution in [0.4, 0.5) is 5.69 Å². The van der Waals surface area contributed by atoms with Crippen LogP contribution in [-0.2, 0) is 22.8 Å². The number of anilines is 1. The van der Waals surface area contributed by atoms with Crippen LogP contribution in [0.2, 0.25) is 0 Å². The molecule has 8 heteroatoms. The molecule has 0 aliphatic carbocycles. The van der Waals surface area contributed by atoms with E-state index in [1.54, 1.807) is 19.2 Å². The van der Waals surface area contributed by atoms with Crippen molar-refractivity contribution in [3.63, 3.8) is 0 Å². The molecule has 32 heavy (non-hydrogen) atoms. The number of nitrogens with two attached hydrogens (primary N) is 1. The zero-order valence-corrected chi connectivity index (χ0v) is 19.8. The predicted molar refractivity (Wildman–Crippen MR) is 130 cm³/mol. The van der Waals surface area contributed by atoms with Crippen molar-refractivity contribution in [3.8, 4) is 5.75 Å². The predicted octanol–water partition coefficient (Wildman–Crippen LogP) is 4.61. The third-order valence-electron chi connectivity index (χ3n) is 4.85. The summed E-state index contributed by atoms with van der Waals surface area (Å²) < 4.78 is 11.1. The lowest BCUT2D eigenvalue weighted by molar-refractivity contribution is 0.131. The quantitative estimate of drug-likeness (QED) is 0.253. The van der Waals surface area contributed by atoms with Crippen molar-refractivity contribution < 1.29 is 14.3 Å². The summed E-state index contributed by atoms with van der Waals surface area (Å²) in [7, 11) is 3.44. The molecule has 0 fully saturated rings. The van der Waals surface area contributed by atoms with Crippen LogP contribution in [-0.4, -0.2) is 31.5 Å². The third-order valence-corrected chi connectivity index (χ3v) is 4.85. The maximum absolute atomic E-state index is 5.94. The Balaban J connectivity index is 2.00. The molecule has 0 aromatic heterocycles. The van der Waals surface area contributed by atoms with Crippen molar-refractivity contribution in [2.24, 2.45) is 21.2 Å². The molecule has 0 unspecified atom stereocenters. The first-order valence-corrected chi connectivity index (χ1v) is 10.5. The van der Waals surface area contributed by atoms with Gasteiger partial charge in [-0.05, 0) is 50.1 Å². The van der Waals surface area contributed by atoms with Gasteiger partial charge in [-0.1, -0.05) is 36.3 Å². The van der Waals surface area contributed by atoms with Crippen LogP contribution >= 0.6 is 0 Å². The van der Waals surface area contributed by atoms with Crippen LogP contribution < -0.4 is 15.6 Å². The van der Waals surface area contributed by atoms with Crippen molar-refractivity contribution in [3.05, 3.63) is 59.2 Å². The Hall–Kier alpha value is -3.39. The Labute approximate surface area is 190 Å². The highest BCUT2D eigenvalue weighted by Crippen LogP contribution is 2.22. The van der Waals surface area contributed by atoms with E-state index in [0.29, 0.717) is 37.0 Å². The molecule has 172 valence electrons. The molecular weight excluding hydrogens is 406 g/mol. The Bertz CT molecular complexity index is 983. The molecular formula is C24H33N5O3. The molecule has 2 aromatic rings. The monoisotopic (exact) mass is 439 g/mol. The van der Waals surface area contributed by atoms with Crippen molar-refractivity contribution in [2.75, 3.05) is 19.2 Å². The first kappa shape index (κ1) is 24.9. The van der Waals surface area contributed by atoms with Gasteiger partial charge in [-0.15, -0.1) is 5.10 Å². The minimum absolute atomic E-state index is 0.336. The smallest absolute Gasteiger partial charge is 0.208 e. The lowest BCUT2D eigenvalue weighted by Gasteiger charge is -2.19. The molecule has 0 amide bonds. The van der Waals surface area contributed by atoms with E-state index in [-0.39, 0.29) is 0 Å². The summed E-state index contributed by atoms with van der Waals surface area (Å²) in [6, 6.07) is 13.6. The number of hydrazine groups is 1. The molecule has 0 atom stereocenters. The lowest BCUT2D eigenvalue weighted by Crippen LogP contribution is -2.26. The molecule has 2 N–H and O–H groups in total. The zero-order valence-electron chi connectivity index (χ0n) is 19.8. The number of methoxy groups -OCH3 is 1. The third kappa shape index (κ3) is 7.39. The van der Waals surface area contributed by atoms with Gasteiger partial charge in [0.2, 0.25) is 5.90 Å². The summed E-state index contributed by atoms with van der Waals surface area (Å²) in [6.45, 7) is 8.35. The maximum Gasteiger partial charge on any atom is 0.208 e. The van der Waals surface area contributed by atoms with Crippen molar-refractivity contribution in [1.82, 2.24) is 0 Å². The summed E-state index contributed by atoms with van der Waals surface area (Å²) in [4.78, 5) is 5.44. The molecule has 0 saturated carbocycles. The summed E-state index contributed by atoms with van der Waals surface area (Å²) >= 11 is 0. The SMILES string of the molecule is CC/C(=N/N=C(C)C(C)=NOCc1cccc(OC)c1)OCc1c(C)cccc1N(C)N. The topological polar surface area (TPSA) is 94.0 Å². The van der Waals surface area contributed by atoms with Gasteiger partial charge in [0.1, 0.15) is 19.0 Å². The zero-order chi connectivity index (χ0) is 23.5. The summed E-state index contributed by atoms with van der Waals surface area (Å²) in [5.74, 6) is 7.25. The van der Waals surface area contributed by atoms with Gasteiger partial charge in [0.05, 0.1) is 24.2 Å². The highest BCUT2D eigenvalue weighted by atomic mass is 16.6. The highest BCUT2D eigenvalue weighted by Gasteiger charge is 2.10. The molecule has 0 aliphatic rings. The Morgan fingerprint density at radius 3 is 2.47 bits per heavy atom. The largest absolute Gasteiger partial charge is 0.497 e. The van der Waals surface area contributed by atoms with Crippen LogP contribution in [0.3, 0.4) is 0 Å². The van der Waals surface area contributed by atoms with Crippen LogP contribution in [0.1, 0.15) is 43.9 Å². The molecule has 0 aliphatic heterocycles. The molecule has 2 aromatic carbocycles. The molecule has 8 nitrogen and oxygen atoms in total. The van der Waals surface area contributed by atoms with E-state index >= 15 is 0 Å². The van der Waals surface area contributed by atoms with Crippen LogP contribution in [0.5, 0.6) is 5.75 Å². The summed E-state index contributed by atoms with van der Waals surface area (Å²) in [5.41, 5.74) is 5.28. The summed E-state index contributed by atoms with van der Waals surface area (Å²) in [5, 5.41) is 14.2. The standard InChI is InChI=1S/C24H33N5O3/c1-7-24(31-16-22-17(2)10-8-13-23(22)29(5)25)27-26-18(3)19(4)28-32-15-20-11-9-12-21(14-20)30-6/h8-14H,7,15-16,25H2,1-6H3/b26-18?,27-24-,28-19?. The van der Waals surface area contributed by atoms with Gasteiger partial charge >= 0.3 is 0 Å². The van der Waals surface area contributed by atoms with E-state index in [2.05, 4.69) is 15.4 Å². The van der Waals surface area contributed by atoms with Gasteiger partial charge in [0, 0.05) is 19.0 Å². The second kappa shape index (κ2) is 12.5. The second-order valence-corrected chi connectivity index (χ2v) is 7.31. The first-order chi connectivity index (χ1) is 15.3. The van der Waals surface area contributed by atoms with Crippen molar-refractivity contribution in [2.45, 2.75) is 47.3 Å². The average Bonchev–Trinajstić information content (AvgIpc) is 2.79. The van der Waals surface area contributed by atoms with Gasteiger partial charge in [0.25, 0.3) is 0 Å². The number of ether oxygens (including phenoxy) is 2.